The van der Waals surface area contributed by atoms with Gasteiger partial charge in [-0.15, -0.1) is 6.58 Å². The lowest BCUT2D eigenvalue weighted by Crippen LogP contribution is -2.35. The monoisotopic (exact) mass is 278 g/mol. The van der Waals surface area contributed by atoms with E-state index in [1.807, 2.05) is 26.0 Å². The van der Waals surface area contributed by atoms with E-state index in [9.17, 15) is 4.79 Å². The standard InChI is InChI=1S/C17H26O3/c1-13(2)6-8-19-16(18)12-17(10-14(3)4)11-15(5)7-9-20-17/h7,9,11,14H,1,6,8,10,12H2,2-5H3. The van der Waals surface area contributed by atoms with Crippen molar-refractivity contribution in [2.24, 2.45) is 5.92 Å². The van der Waals surface area contributed by atoms with E-state index in [2.05, 4.69) is 20.4 Å². The smallest absolute Gasteiger partial charge is 0.310 e. The topological polar surface area (TPSA) is 35.5 Å². The van der Waals surface area contributed by atoms with E-state index in [0.29, 0.717) is 18.9 Å². The van der Waals surface area contributed by atoms with Crippen molar-refractivity contribution in [2.45, 2.75) is 52.6 Å². The van der Waals surface area contributed by atoms with Gasteiger partial charge in [-0.25, -0.2) is 0 Å². The van der Waals surface area contributed by atoms with Gasteiger partial charge in [0, 0.05) is 6.42 Å². The van der Waals surface area contributed by atoms with E-state index in [0.717, 1.165) is 17.6 Å². The highest BCUT2D eigenvalue weighted by molar-refractivity contribution is 5.71. The number of hydrogen-bond acceptors (Lipinski definition) is 3. The molecule has 1 rings (SSSR count). The van der Waals surface area contributed by atoms with Crippen LogP contribution < -0.4 is 0 Å². The Morgan fingerprint density at radius 3 is 2.75 bits per heavy atom. The first-order chi connectivity index (χ1) is 9.33. The number of allylic oxidation sites excluding steroid dienone is 2. The highest BCUT2D eigenvalue weighted by atomic mass is 16.5. The summed E-state index contributed by atoms with van der Waals surface area (Å²) in [6.07, 6.45) is 7.38. The molecule has 1 atom stereocenters. The van der Waals surface area contributed by atoms with E-state index < -0.39 is 5.60 Å². The van der Waals surface area contributed by atoms with Gasteiger partial charge in [-0.3, -0.25) is 4.79 Å². The van der Waals surface area contributed by atoms with E-state index in [1.54, 1.807) is 6.26 Å². The van der Waals surface area contributed by atoms with Crippen LogP contribution in [0, 0.1) is 5.92 Å². The average molecular weight is 278 g/mol. The van der Waals surface area contributed by atoms with Crippen molar-refractivity contribution in [1.82, 2.24) is 0 Å². The summed E-state index contributed by atoms with van der Waals surface area (Å²) < 4.78 is 11.0. The number of rotatable bonds is 7. The maximum atomic E-state index is 12.0. The number of carbonyl (C=O) groups excluding carboxylic acids is 1. The quantitative estimate of drug-likeness (QED) is 0.518. The number of esters is 1. The highest BCUT2D eigenvalue weighted by Crippen LogP contribution is 2.32. The third kappa shape index (κ3) is 5.64. The number of carbonyl (C=O) groups is 1. The minimum Gasteiger partial charge on any atom is -0.490 e. The molecule has 0 amide bonds. The first-order valence-electron chi connectivity index (χ1n) is 7.17. The molecule has 0 aromatic carbocycles. The van der Waals surface area contributed by atoms with Gasteiger partial charge in [0.15, 0.2) is 0 Å². The van der Waals surface area contributed by atoms with Gasteiger partial charge in [-0.1, -0.05) is 19.4 Å². The summed E-state index contributed by atoms with van der Waals surface area (Å²) in [6.45, 7) is 12.4. The molecule has 0 saturated heterocycles. The van der Waals surface area contributed by atoms with Crippen LogP contribution in [-0.4, -0.2) is 18.2 Å². The molecule has 0 fully saturated rings. The van der Waals surface area contributed by atoms with Crippen LogP contribution in [-0.2, 0) is 14.3 Å². The largest absolute Gasteiger partial charge is 0.490 e. The molecule has 3 nitrogen and oxygen atoms in total. The summed E-state index contributed by atoms with van der Waals surface area (Å²) in [4.78, 5) is 12.0. The zero-order valence-corrected chi connectivity index (χ0v) is 13.1. The Morgan fingerprint density at radius 2 is 2.20 bits per heavy atom. The van der Waals surface area contributed by atoms with Crippen molar-refractivity contribution in [3.63, 3.8) is 0 Å². The lowest BCUT2D eigenvalue weighted by atomic mass is 9.86. The molecule has 0 N–H and O–H groups in total. The summed E-state index contributed by atoms with van der Waals surface area (Å²) in [7, 11) is 0. The van der Waals surface area contributed by atoms with Gasteiger partial charge < -0.3 is 9.47 Å². The molecule has 0 bridgehead atoms. The lowest BCUT2D eigenvalue weighted by molar-refractivity contribution is -0.148. The predicted octanol–water partition coefficient (Wildman–Crippen LogP) is 4.16. The molecule has 1 unspecified atom stereocenters. The highest BCUT2D eigenvalue weighted by Gasteiger charge is 2.34. The Hall–Kier alpha value is -1.51. The van der Waals surface area contributed by atoms with E-state index in [1.165, 1.54) is 0 Å². The van der Waals surface area contributed by atoms with Gasteiger partial charge in [0.2, 0.25) is 0 Å². The Labute approximate surface area is 122 Å². The van der Waals surface area contributed by atoms with Crippen molar-refractivity contribution in [3.05, 3.63) is 36.1 Å². The van der Waals surface area contributed by atoms with Gasteiger partial charge >= 0.3 is 5.97 Å². The molecule has 112 valence electrons. The molecule has 0 aliphatic carbocycles. The third-order valence-corrected chi connectivity index (χ3v) is 3.11. The zero-order valence-electron chi connectivity index (χ0n) is 13.1. The predicted molar refractivity (Wildman–Crippen MR) is 81.2 cm³/mol. The molecule has 1 aliphatic heterocycles. The Balaban J connectivity index is 2.64. The SMILES string of the molecule is C=C(C)CCOC(=O)CC1(CC(C)C)C=C(C)C=CO1. The molecule has 1 heterocycles. The summed E-state index contributed by atoms with van der Waals surface area (Å²) in [5.74, 6) is 0.222. The fraction of sp³-hybridized carbons (Fsp3) is 0.588. The maximum Gasteiger partial charge on any atom is 0.310 e. The van der Waals surface area contributed by atoms with Crippen molar-refractivity contribution in [2.75, 3.05) is 6.61 Å². The number of ether oxygens (including phenoxy) is 2. The molecule has 20 heavy (non-hydrogen) atoms. The normalized spacial score (nSPS) is 21.4. The molecule has 0 aromatic heterocycles. The second-order valence-corrected chi connectivity index (χ2v) is 6.08. The molecule has 0 saturated carbocycles. The summed E-state index contributed by atoms with van der Waals surface area (Å²) in [5, 5.41) is 0. The molecule has 0 spiro atoms. The zero-order chi connectivity index (χ0) is 15.2. The number of hydrogen-bond donors (Lipinski definition) is 0. The summed E-state index contributed by atoms with van der Waals surface area (Å²) >= 11 is 0. The third-order valence-electron chi connectivity index (χ3n) is 3.11. The van der Waals surface area contributed by atoms with Crippen molar-refractivity contribution >= 4 is 5.97 Å². The first kappa shape index (κ1) is 16.5. The molecule has 3 heteroatoms. The Kier molecular flexibility index (Phi) is 6.05. The van der Waals surface area contributed by atoms with Gasteiger partial charge in [0.1, 0.15) is 5.60 Å². The van der Waals surface area contributed by atoms with Gasteiger partial charge in [0.05, 0.1) is 19.3 Å². The maximum absolute atomic E-state index is 12.0. The van der Waals surface area contributed by atoms with Crippen LogP contribution in [0.25, 0.3) is 0 Å². The molecular formula is C17H26O3. The van der Waals surface area contributed by atoms with Crippen LogP contribution in [0.5, 0.6) is 0 Å². The van der Waals surface area contributed by atoms with Crippen LogP contribution in [0.1, 0.15) is 47.0 Å². The second-order valence-electron chi connectivity index (χ2n) is 6.08. The van der Waals surface area contributed by atoms with Crippen LogP contribution >= 0.6 is 0 Å². The van der Waals surface area contributed by atoms with Crippen molar-refractivity contribution in [1.29, 1.82) is 0 Å². The average Bonchev–Trinajstić information content (AvgIpc) is 2.26. The Bertz CT molecular complexity index is 418. The fourth-order valence-corrected chi connectivity index (χ4v) is 2.37. The van der Waals surface area contributed by atoms with Gasteiger partial charge in [0.25, 0.3) is 0 Å². The van der Waals surface area contributed by atoms with E-state index >= 15 is 0 Å². The van der Waals surface area contributed by atoms with Crippen molar-refractivity contribution in [3.8, 4) is 0 Å². The minimum atomic E-state index is -0.562. The molecular weight excluding hydrogens is 252 g/mol. The summed E-state index contributed by atoms with van der Waals surface area (Å²) in [5.41, 5.74) is 1.57. The van der Waals surface area contributed by atoms with Crippen LogP contribution in [0.2, 0.25) is 0 Å². The molecule has 1 aliphatic rings. The molecule has 0 radical (unpaired) electrons. The van der Waals surface area contributed by atoms with Gasteiger partial charge in [-0.2, -0.15) is 0 Å². The minimum absolute atomic E-state index is 0.216. The fourth-order valence-electron chi connectivity index (χ4n) is 2.37. The lowest BCUT2D eigenvalue weighted by Gasteiger charge is -2.33. The molecule has 0 aromatic rings. The Morgan fingerprint density at radius 1 is 1.50 bits per heavy atom. The van der Waals surface area contributed by atoms with Crippen LogP contribution in [0.15, 0.2) is 36.1 Å². The van der Waals surface area contributed by atoms with Gasteiger partial charge in [-0.05, 0) is 43.9 Å². The van der Waals surface area contributed by atoms with E-state index in [-0.39, 0.29) is 12.4 Å². The second kappa shape index (κ2) is 7.32. The van der Waals surface area contributed by atoms with Crippen LogP contribution in [0.4, 0.5) is 0 Å². The summed E-state index contributed by atoms with van der Waals surface area (Å²) in [6, 6.07) is 0. The van der Waals surface area contributed by atoms with Crippen LogP contribution in [0.3, 0.4) is 0 Å². The van der Waals surface area contributed by atoms with E-state index in [4.69, 9.17) is 9.47 Å². The van der Waals surface area contributed by atoms with Crippen molar-refractivity contribution < 1.29 is 14.3 Å². The first-order valence-corrected chi connectivity index (χ1v) is 7.17.